The van der Waals surface area contributed by atoms with Gasteiger partial charge in [-0.2, -0.15) is 0 Å². The van der Waals surface area contributed by atoms with Gasteiger partial charge in [-0.25, -0.2) is 9.78 Å². The number of nitrogens with zero attached hydrogens (tertiary/aromatic N) is 4. The van der Waals surface area contributed by atoms with Crippen LogP contribution in [0.4, 0.5) is 9.93 Å². The van der Waals surface area contributed by atoms with Gasteiger partial charge in [-0.15, -0.1) is 11.8 Å². The van der Waals surface area contributed by atoms with Crippen molar-refractivity contribution >= 4 is 40.2 Å². The molecule has 3 amide bonds. The molecule has 4 rings (SSSR count). The number of hydrogen-bond acceptors (Lipinski definition) is 6. The fourth-order valence-corrected chi connectivity index (χ4v) is 7.68. The van der Waals surface area contributed by atoms with Crippen molar-refractivity contribution in [1.29, 1.82) is 0 Å². The number of amides is 3. The Morgan fingerprint density at radius 1 is 1.09 bits per heavy atom. The van der Waals surface area contributed by atoms with E-state index in [0.29, 0.717) is 11.6 Å². The number of nitrogens with one attached hydrogen (secondary N) is 1. The molecule has 0 aromatic carbocycles. The third-order valence-electron chi connectivity index (χ3n) is 7.84. The highest BCUT2D eigenvalue weighted by molar-refractivity contribution is 8.01. The number of carbonyl (C=O) groups is 2. The molecule has 3 aliphatic rings. The number of piperidine rings is 1. The lowest BCUT2D eigenvalue weighted by molar-refractivity contribution is -0.132. The minimum atomic E-state index is -0.00847. The van der Waals surface area contributed by atoms with Crippen LogP contribution in [0.2, 0.25) is 0 Å². The quantitative estimate of drug-likeness (QED) is 0.433. The lowest BCUT2D eigenvalue weighted by Gasteiger charge is -2.44. The number of urea groups is 1. The van der Waals surface area contributed by atoms with Gasteiger partial charge in [0, 0.05) is 43.9 Å². The molecule has 0 spiro atoms. The molecule has 9 heteroatoms. The van der Waals surface area contributed by atoms with Gasteiger partial charge in [0.05, 0.1) is 10.4 Å². The molecule has 1 aliphatic carbocycles. The Labute approximate surface area is 219 Å². The fourth-order valence-electron chi connectivity index (χ4n) is 5.74. The summed E-state index contributed by atoms with van der Waals surface area (Å²) in [4.78, 5) is 37.1. The highest BCUT2D eigenvalue weighted by atomic mass is 32.2. The lowest BCUT2D eigenvalue weighted by atomic mass is 9.85. The van der Waals surface area contributed by atoms with E-state index in [1.807, 2.05) is 22.9 Å². The summed E-state index contributed by atoms with van der Waals surface area (Å²) in [6.07, 6.45) is 12.3. The first kappa shape index (κ1) is 26.7. The summed E-state index contributed by atoms with van der Waals surface area (Å²) in [6, 6.07) is 0.461. The van der Waals surface area contributed by atoms with Crippen LogP contribution in [-0.4, -0.2) is 82.2 Å². The average molecular weight is 522 g/mol. The maximum Gasteiger partial charge on any atom is 0.324 e. The first-order valence-electron chi connectivity index (χ1n) is 13.7. The van der Waals surface area contributed by atoms with Crippen LogP contribution in [0.25, 0.3) is 0 Å². The van der Waals surface area contributed by atoms with Crippen molar-refractivity contribution in [3.63, 3.8) is 0 Å². The number of aromatic nitrogens is 1. The second-order valence-corrected chi connectivity index (χ2v) is 12.9. The van der Waals surface area contributed by atoms with Crippen LogP contribution in [0, 0.1) is 5.92 Å². The van der Waals surface area contributed by atoms with Crippen LogP contribution in [0.3, 0.4) is 0 Å². The summed E-state index contributed by atoms with van der Waals surface area (Å²) in [5, 5.41) is 3.84. The second-order valence-electron chi connectivity index (χ2n) is 10.5. The van der Waals surface area contributed by atoms with Crippen LogP contribution < -0.4 is 5.32 Å². The van der Waals surface area contributed by atoms with Crippen molar-refractivity contribution in [2.45, 2.75) is 94.3 Å². The maximum absolute atomic E-state index is 13.6. The molecule has 2 saturated heterocycles. The summed E-state index contributed by atoms with van der Waals surface area (Å²) in [5.41, 5.74) is 0. The Morgan fingerprint density at radius 2 is 1.77 bits per heavy atom. The molecule has 7 nitrogen and oxygen atoms in total. The van der Waals surface area contributed by atoms with Crippen molar-refractivity contribution in [3.05, 3.63) is 6.20 Å². The third-order valence-corrected chi connectivity index (χ3v) is 9.92. The number of carbonyl (C=O) groups excluding carboxylic acids is 2. The highest BCUT2D eigenvalue weighted by Gasteiger charge is 2.35. The topological polar surface area (TPSA) is 68.8 Å². The molecule has 1 aromatic heterocycles. The standard InChI is InChI=1S/C26H43N5O2S2/c1-3-6-23(32)30-15-11-22(12-16-30)31(21-9-7-20(2)8-10-21)26(33)28-25-27-19-24(35-25)34-18-17-29-13-4-5-14-29/h19-22H,3-18H2,1-2H3,(H,27,28,33)/t20-,21-. The normalized spacial score (nSPS) is 24.0. The minimum absolute atomic E-state index is 0.00847. The van der Waals surface area contributed by atoms with Gasteiger partial charge in [-0.1, -0.05) is 25.2 Å². The van der Waals surface area contributed by atoms with E-state index in [-0.39, 0.29) is 24.0 Å². The average Bonchev–Trinajstić information content (AvgIpc) is 3.53. The molecule has 0 bridgehead atoms. The Kier molecular flexibility index (Phi) is 10.2. The van der Waals surface area contributed by atoms with Gasteiger partial charge in [0.25, 0.3) is 0 Å². The Morgan fingerprint density at radius 3 is 2.46 bits per heavy atom. The van der Waals surface area contributed by atoms with Gasteiger partial charge in [0.15, 0.2) is 5.13 Å². The molecular weight excluding hydrogens is 478 g/mol. The second kappa shape index (κ2) is 13.3. The molecule has 196 valence electrons. The van der Waals surface area contributed by atoms with Crippen molar-refractivity contribution in [2.24, 2.45) is 5.92 Å². The van der Waals surface area contributed by atoms with E-state index < -0.39 is 0 Å². The smallest absolute Gasteiger partial charge is 0.324 e. The summed E-state index contributed by atoms with van der Waals surface area (Å²) >= 11 is 3.43. The number of hydrogen-bond donors (Lipinski definition) is 1. The molecule has 1 N–H and O–H groups in total. The fraction of sp³-hybridized carbons (Fsp3) is 0.808. The molecule has 0 atom stereocenters. The van der Waals surface area contributed by atoms with Crippen LogP contribution in [0.15, 0.2) is 10.4 Å². The van der Waals surface area contributed by atoms with Gasteiger partial charge in [-0.05, 0) is 76.8 Å². The van der Waals surface area contributed by atoms with Crippen molar-refractivity contribution in [1.82, 2.24) is 19.7 Å². The Hall–Kier alpha value is -1.32. The molecule has 0 unspecified atom stereocenters. The molecule has 0 radical (unpaired) electrons. The van der Waals surface area contributed by atoms with E-state index in [2.05, 4.69) is 33.9 Å². The van der Waals surface area contributed by atoms with Gasteiger partial charge in [0.2, 0.25) is 5.91 Å². The van der Waals surface area contributed by atoms with E-state index in [1.165, 1.54) is 43.0 Å². The van der Waals surface area contributed by atoms with Gasteiger partial charge < -0.3 is 14.7 Å². The zero-order valence-electron chi connectivity index (χ0n) is 21.5. The van der Waals surface area contributed by atoms with E-state index in [0.717, 1.165) is 63.4 Å². The summed E-state index contributed by atoms with van der Waals surface area (Å²) in [6.45, 7) is 9.46. The summed E-state index contributed by atoms with van der Waals surface area (Å²) in [7, 11) is 0. The maximum atomic E-state index is 13.6. The molecular formula is C26H43N5O2S2. The van der Waals surface area contributed by atoms with E-state index >= 15 is 0 Å². The Bertz CT molecular complexity index is 812. The predicted octanol–water partition coefficient (Wildman–Crippen LogP) is 5.53. The molecule has 35 heavy (non-hydrogen) atoms. The molecule has 1 saturated carbocycles. The number of anilines is 1. The zero-order valence-corrected chi connectivity index (χ0v) is 23.2. The first-order chi connectivity index (χ1) is 17.0. The summed E-state index contributed by atoms with van der Waals surface area (Å²) in [5.74, 6) is 2.06. The molecule has 2 aliphatic heterocycles. The number of thiazole rings is 1. The lowest BCUT2D eigenvalue weighted by Crippen LogP contribution is -2.54. The number of thioether (sulfide) groups is 1. The third kappa shape index (κ3) is 7.59. The van der Waals surface area contributed by atoms with Crippen LogP contribution >= 0.6 is 23.1 Å². The molecule has 1 aromatic rings. The van der Waals surface area contributed by atoms with Crippen molar-refractivity contribution in [2.75, 3.05) is 43.8 Å². The largest absolute Gasteiger partial charge is 0.343 e. The van der Waals surface area contributed by atoms with E-state index in [9.17, 15) is 9.59 Å². The predicted molar refractivity (Wildman–Crippen MR) is 145 cm³/mol. The first-order valence-corrected chi connectivity index (χ1v) is 15.5. The van der Waals surface area contributed by atoms with Crippen LogP contribution in [-0.2, 0) is 4.79 Å². The number of likely N-dealkylation sites (tertiary alicyclic amines) is 2. The SMILES string of the molecule is CCCC(=O)N1CCC(N(C(=O)Nc2ncc(SCCN3CCCC3)s2)[C@H]2CC[C@H](C)CC2)CC1. The number of rotatable bonds is 9. The van der Waals surface area contributed by atoms with Gasteiger partial charge in [-0.3, -0.25) is 10.1 Å². The molecule has 3 fully saturated rings. The Balaban J connectivity index is 1.34. The zero-order chi connectivity index (χ0) is 24.6. The van der Waals surface area contributed by atoms with Gasteiger partial charge >= 0.3 is 6.03 Å². The van der Waals surface area contributed by atoms with Crippen molar-refractivity contribution < 1.29 is 9.59 Å². The van der Waals surface area contributed by atoms with Crippen LogP contribution in [0.1, 0.15) is 78.1 Å². The van der Waals surface area contributed by atoms with E-state index in [4.69, 9.17) is 0 Å². The van der Waals surface area contributed by atoms with Gasteiger partial charge in [0.1, 0.15) is 0 Å². The highest BCUT2D eigenvalue weighted by Crippen LogP contribution is 2.33. The molecule has 3 heterocycles. The summed E-state index contributed by atoms with van der Waals surface area (Å²) < 4.78 is 1.17. The van der Waals surface area contributed by atoms with Crippen molar-refractivity contribution in [3.8, 4) is 0 Å². The van der Waals surface area contributed by atoms with Crippen LogP contribution in [0.5, 0.6) is 0 Å². The van der Waals surface area contributed by atoms with E-state index in [1.54, 1.807) is 11.3 Å². The minimum Gasteiger partial charge on any atom is -0.343 e. The monoisotopic (exact) mass is 521 g/mol.